The summed E-state index contributed by atoms with van der Waals surface area (Å²) in [5.74, 6) is 0.431. The van der Waals surface area contributed by atoms with Crippen molar-refractivity contribution >= 4 is 5.69 Å². The van der Waals surface area contributed by atoms with E-state index >= 15 is 0 Å². The van der Waals surface area contributed by atoms with Crippen molar-refractivity contribution in [2.75, 3.05) is 12.8 Å². The number of hydrogen-bond acceptors (Lipinski definition) is 2. The molecule has 2 nitrogen and oxygen atoms in total. The Balaban J connectivity index is 2.46. The summed E-state index contributed by atoms with van der Waals surface area (Å²) in [4.78, 5) is 0. The van der Waals surface area contributed by atoms with Crippen molar-refractivity contribution in [2.45, 2.75) is 6.92 Å². The number of ether oxygens (including phenoxy) is 1. The van der Waals surface area contributed by atoms with Gasteiger partial charge in [0.25, 0.3) is 0 Å². The van der Waals surface area contributed by atoms with Gasteiger partial charge in [-0.2, -0.15) is 0 Å². The molecule has 17 heavy (non-hydrogen) atoms. The van der Waals surface area contributed by atoms with Gasteiger partial charge in [-0.05, 0) is 47.9 Å². The van der Waals surface area contributed by atoms with E-state index in [1.807, 2.05) is 25.1 Å². The first kappa shape index (κ1) is 11.5. The smallest absolute Gasteiger partial charge is 0.146 e. The minimum Gasteiger partial charge on any atom is -0.496 e. The quantitative estimate of drug-likeness (QED) is 0.804. The lowest BCUT2D eigenvalue weighted by molar-refractivity contribution is 0.412. The van der Waals surface area contributed by atoms with Gasteiger partial charge < -0.3 is 10.5 Å². The molecule has 0 atom stereocenters. The maximum absolute atomic E-state index is 13.4. The van der Waals surface area contributed by atoms with E-state index in [4.69, 9.17) is 10.5 Å². The van der Waals surface area contributed by atoms with Gasteiger partial charge >= 0.3 is 0 Å². The van der Waals surface area contributed by atoms with Crippen LogP contribution in [0.2, 0.25) is 0 Å². The molecule has 0 saturated heterocycles. The molecular weight excluding hydrogens is 217 g/mol. The molecule has 2 aromatic carbocycles. The number of methoxy groups -OCH3 is 1. The number of aryl methyl sites for hydroxylation is 1. The van der Waals surface area contributed by atoms with E-state index in [0.717, 1.165) is 22.4 Å². The second-order valence-corrected chi connectivity index (χ2v) is 3.92. The van der Waals surface area contributed by atoms with Gasteiger partial charge in [0.05, 0.1) is 12.8 Å². The molecule has 0 aliphatic rings. The van der Waals surface area contributed by atoms with Gasteiger partial charge in [0.2, 0.25) is 0 Å². The highest BCUT2D eigenvalue weighted by molar-refractivity contribution is 5.67. The molecule has 0 aliphatic heterocycles. The zero-order chi connectivity index (χ0) is 12.4. The van der Waals surface area contributed by atoms with E-state index in [1.54, 1.807) is 19.2 Å². The molecule has 0 fully saturated rings. The Hall–Kier alpha value is -2.03. The Bertz CT molecular complexity index is 552. The number of halogens is 1. The summed E-state index contributed by atoms with van der Waals surface area (Å²) in [6, 6.07) is 10.6. The predicted molar refractivity (Wildman–Crippen MR) is 67.5 cm³/mol. The zero-order valence-electron chi connectivity index (χ0n) is 9.83. The lowest BCUT2D eigenvalue weighted by Crippen LogP contribution is -1.91. The summed E-state index contributed by atoms with van der Waals surface area (Å²) in [6.07, 6.45) is 0. The molecule has 0 heterocycles. The van der Waals surface area contributed by atoms with Gasteiger partial charge in [0, 0.05) is 0 Å². The maximum Gasteiger partial charge on any atom is 0.146 e. The van der Waals surface area contributed by atoms with Gasteiger partial charge in [0.15, 0.2) is 0 Å². The molecule has 0 aliphatic carbocycles. The number of benzene rings is 2. The molecule has 0 saturated carbocycles. The molecule has 3 heteroatoms. The van der Waals surface area contributed by atoms with E-state index in [9.17, 15) is 4.39 Å². The lowest BCUT2D eigenvalue weighted by atomic mass is 10.0. The first-order chi connectivity index (χ1) is 8.11. The number of rotatable bonds is 2. The summed E-state index contributed by atoms with van der Waals surface area (Å²) in [6.45, 7) is 1.95. The number of nitrogen functional groups attached to an aromatic ring is 1. The average Bonchev–Trinajstić information content (AvgIpc) is 2.32. The van der Waals surface area contributed by atoms with Crippen molar-refractivity contribution in [3.8, 4) is 16.9 Å². The van der Waals surface area contributed by atoms with E-state index in [2.05, 4.69) is 0 Å². The number of hydrogen-bond donors (Lipinski definition) is 1. The van der Waals surface area contributed by atoms with Crippen LogP contribution in [0.3, 0.4) is 0 Å². The molecule has 2 rings (SSSR count). The van der Waals surface area contributed by atoms with Crippen LogP contribution >= 0.6 is 0 Å². The minimum absolute atomic E-state index is 0.166. The van der Waals surface area contributed by atoms with Gasteiger partial charge in [0.1, 0.15) is 11.6 Å². The van der Waals surface area contributed by atoms with Crippen molar-refractivity contribution in [2.24, 2.45) is 0 Å². The molecule has 2 N–H and O–H groups in total. The lowest BCUT2D eigenvalue weighted by Gasteiger charge is -2.08. The van der Waals surface area contributed by atoms with E-state index in [-0.39, 0.29) is 5.69 Å². The summed E-state index contributed by atoms with van der Waals surface area (Å²) in [5, 5.41) is 0. The van der Waals surface area contributed by atoms with E-state index in [1.165, 1.54) is 6.07 Å². The van der Waals surface area contributed by atoms with Gasteiger partial charge in [-0.3, -0.25) is 0 Å². The molecule has 0 bridgehead atoms. The molecule has 0 aromatic heterocycles. The van der Waals surface area contributed by atoms with Crippen LogP contribution < -0.4 is 10.5 Å². The van der Waals surface area contributed by atoms with Crippen LogP contribution in [0.4, 0.5) is 10.1 Å². The SMILES string of the molecule is COc1ccc(-c2ccc(N)c(F)c2)cc1C. The zero-order valence-corrected chi connectivity index (χ0v) is 9.83. The van der Waals surface area contributed by atoms with Crippen molar-refractivity contribution < 1.29 is 9.13 Å². The Labute approximate surface area is 99.8 Å². The van der Waals surface area contributed by atoms with Crippen molar-refractivity contribution in [3.63, 3.8) is 0 Å². The highest BCUT2D eigenvalue weighted by Crippen LogP contribution is 2.27. The standard InChI is InChI=1S/C14H14FNO/c1-9-7-10(4-6-14(9)17-2)11-3-5-13(16)12(15)8-11/h3-8H,16H2,1-2H3. The molecule has 0 spiro atoms. The Morgan fingerprint density at radius 2 is 1.71 bits per heavy atom. The normalized spacial score (nSPS) is 10.3. The topological polar surface area (TPSA) is 35.2 Å². The second kappa shape index (κ2) is 4.45. The minimum atomic E-state index is -0.393. The monoisotopic (exact) mass is 231 g/mol. The summed E-state index contributed by atoms with van der Waals surface area (Å²) in [5.41, 5.74) is 8.38. The van der Waals surface area contributed by atoms with Crippen LogP contribution in [-0.2, 0) is 0 Å². The van der Waals surface area contributed by atoms with Crippen molar-refractivity contribution in [1.29, 1.82) is 0 Å². The fourth-order valence-electron chi connectivity index (χ4n) is 1.76. The van der Waals surface area contributed by atoms with Gasteiger partial charge in [-0.25, -0.2) is 4.39 Å². The third-order valence-electron chi connectivity index (χ3n) is 2.73. The summed E-state index contributed by atoms with van der Waals surface area (Å²) in [7, 11) is 1.63. The third kappa shape index (κ3) is 2.23. The summed E-state index contributed by atoms with van der Waals surface area (Å²) < 4.78 is 18.5. The van der Waals surface area contributed by atoms with Crippen LogP contribution in [0.25, 0.3) is 11.1 Å². The Kier molecular flexibility index (Phi) is 3.00. The first-order valence-electron chi connectivity index (χ1n) is 5.32. The molecule has 0 unspecified atom stereocenters. The fourth-order valence-corrected chi connectivity index (χ4v) is 1.76. The Morgan fingerprint density at radius 1 is 1.06 bits per heavy atom. The third-order valence-corrected chi connectivity index (χ3v) is 2.73. The first-order valence-corrected chi connectivity index (χ1v) is 5.32. The summed E-state index contributed by atoms with van der Waals surface area (Å²) >= 11 is 0. The molecule has 88 valence electrons. The average molecular weight is 231 g/mol. The van der Waals surface area contributed by atoms with Gasteiger partial charge in [-0.1, -0.05) is 12.1 Å². The molecule has 0 amide bonds. The maximum atomic E-state index is 13.4. The van der Waals surface area contributed by atoms with E-state index in [0.29, 0.717) is 0 Å². The number of nitrogens with two attached hydrogens (primary N) is 1. The highest BCUT2D eigenvalue weighted by atomic mass is 19.1. The Morgan fingerprint density at radius 3 is 2.29 bits per heavy atom. The number of anilines is 1. The van der Waals surface area contributed by atoms with Crippen LogP contribution in [-0.4, -0.2) is 7.11 Å². The van der Waals surface area contributed by atoms with Crippen LogP contribution in [0.15, 0.2) is 36.4 Å². The largest absolute Gasteiger partial charge is 0.496 e. The molecular formula is C14H14FNO. The second-order valence-electron chi connectivity index (χ2n) is 3.92. The predicted octanol–water partition coefficient (Wildman–Crippen LogP) is 3.39. The fraction of sp³-hybridized carbons (Fsp3) is 0.143. The van der Waals surface area contributed by atoms with Crippen molar-refractivity contribution in [1.82, 2.24) is 0 Å². The van der Waals surface area contributed by atoms with Crippen LogP contribution in [0.1, 0.15) is 5.56 Å². The van der Waals surface area contributed by atoms with Crippen LogP contribution in [0, 0.1) is 12.7 Å². The van der Waals surface area contributed by atoms with Gasteiger partial charge in [-0.15, -0.1) is 0 Å². The van der Waals surface area contributed by atoms with E-state index < -0.39 is 5.82 Å². The molecule has 2 aromatic rings. The van der Waals surface area contributed by atoms with Crippen molar-refractivity contribution in [3.05, 3.63) is 47.8 Å². The molecule has 0 radical (unpaired) electrons. The van der Waals surface area contributed by atoms with Crippen LogP contribution in [0.5, 0.6) is 5.75 Å². The highest BCUT2D eigenvalue weighted by Gasteiger charge is 2.05.